The number of fused-ring (bicyclic) bond motifs is 1. The number of nitrogens with zero attached hydrogens (tertiary/aromatic N) is 2. The Morgan fingerprint density at radius 3 is 2.20 bits per heavy atom. The summed E-state index contributed by atoms with van der Waals surface area (Å²) in [5.74, 6) is -8.91. The zero-order chi connectivity index (χ0) is 18.7. The fourth-order valence-electron chi connectivity index (χ4n) is 2.82. The van der Waals surface area contributed by atoms with Gasteiger partial charge in [0.05, 0.1) is 17.8 Å². The predicted molar refractivity (Wildman–Crippen MR) is 66.8 cm³/mol. The standard InChI is InChI=1S/C14H8F8N2O/c1-25-12-9-8(4-13(12,18)19)24(23-11(9)14(20,21)22)5-2-6(15)10(17)7(16)3-5/h2-3,12H,4H2,1H3/t12-/m0/s1. The first kappa shape index (κ1) is 17.6. The molecular weight excluding hydrogens is 364 g/mol. The minimum Gasteiger partial charge on any atom is -0.370 e. The molecule has 0 unspecified atom stereocenters. The van der Waals surface area contributed by atoms with E-state index in [1.165, 1.54) is 0 Å². The van der Waals surface area contributed by atoms with E-state index in [1.54, 1.807) is 0 Å². The average Bonchev–Trinajstić information content (AvgIpc) is 2.95. The molecule has 0 N–H and O–H groups in total. The molecule has 1 aromatic heterocycles. The van der Waals surface area contributed by atoms with Crippen molar-refractivity contribution in [2.75, 3.05) is 7.11 Å². The van der Waals surface area contributed by atoms with Crippen LogP contribution in [0.15, 0.2) is 12.1 Å². The van der Waals surface area contributed by atoms with Gasteiger partial charge in [-0.15, -0.1) is 0 Å². The van der Waals surface area contributed by atoms with Crippen LogP contribution < -0.4 is 0 Å². The fourth-order valence-corrected chi connectivity index (χ4v) is 2.82. The van der Waals surface area contributed by atoms with Gasteiger partial charge in [0.2, 0.25) is 0 Å². The number of benzene rings is 1. The third-order valence-corrected chi connectivity index (χ3v) is 3.79. The lowest BCUT2D eigenvalue weighted by Gasteiger charge is -2.19. The Morgan fingerprint density at radius 1 is 1.16 bits per heavy atom. The first-order valence-corrected chi connectivity index (χ1v) is 6.72. The molecule has 1 aliphatic carbocycles. The predicted octanol–water partition coefficient (Wildman–Crippen LogP) is 4.19. The Balaban J connectivity index is 2.28. The summed E-state index contributed by atoms with van der Waals surface area (Å²) in [6.07, 6.45) is -8.52. The molecule has 1 heterocycles. The number of rotatable bonds is 2. The molecule has 0 saturated carbocycles. The van der Waals surface area contributed by atoms with Crippen LogP contribution in [0.5, 0.6) is 0 Å². The van der Waals surface area contributed by atoms with Gasteiger partial charge in [0.15, 0.2) is 23.1 Å². The number of ether oxygens (including phenoxy) is 1. The van der Waals surface area contributed by atoms with Gasteiger partial charge >= 0.3 is 6.18 Å². The highest BCUT2D eigenvalue weighted by atomic mass is 19.4. The second-order valence-corrected chi connectivity index (χ2v) is 5.40. The fraction of sp³-hybridized carbons (Fsp3) is 0.357. The molecule has 1 aromatic carbocycles. The number of alkyl halides is 5. The zero-order valence-electron chi connectivity index (χ0n) is 12.3. The quantitative estimate of drug-likeness (QED) is 0.584. The molecule has 0 saturated heterocycles. The van der Waals surface area contributed by atoms with Crippen molar-refractivity contribution in [1.29, 1.82) is 0 Å². The van der Waals surface area contributed by atoms with E-state index in [4.69, 9.17) is 0 Å². The van der Waals surface area contributed by atoms with Crippen LogP contribution in [0.1, 0.15) is 23.1 Å². The molecule has 11 heteroatoms. The Kier molecular flexibility index (Phi) is 3.82. The van der Waals surface area contributed by atoms with Crippen LogP contribution in [0.25, 0.3) is 5.69 Å². The Hall–Kier alpha value is -2.17. The third-order valence-electron chi connectivity index (χ3n) is 3.79. The van der Waals surface area contributed by atoms with Crippen LogP contribution in [0.3, 0.4) is 0 Å². The van der Waals surface area contributed by atoms with E-state index in [1.807, 2.05) is 0 Å². The van der Waals surface area contributed by atoms with E-state index >= 15 is 0 Å². The number of halogens is 8. The molecule has 25 heavy (non-hydrogen) atoms. The molecule has 2 aromatic rings. The van der Waals surface area contributed by atoms with Crippen molar-refractivity contribution < 1.29 is 39.9 Å². The summed E-state index contributed by atoms with van der Waals surface area (Å²) >= 11 is 0. The molecule has 0 aliphatic heterocycles. The van der Waals surface area contributed by atoms with Crippen molar-refractivity contribution in [3.63, 3.8) is 0 Å². The minimum absolute atomic E-state index is 0.330. The van der Waals surface area contributed by atoms with E-state index in [0.29, 0.717) is 16.8 Å². The molecule has 0 fully saturated rings. The van der Waals surface area contributed by atoms with Gasteiger partial charge < -0.3 is 4.74 Å². The molecule has 136 valence electrons. The Morgan fingerprint density at radius 2 is 1.72 bits per heavy atom. The maximum absolute atomic E-state index is 14.0. The molecule has 0 bridgehead atoms. The normalized spacial score (nSPS) is 19.3. The van der Waals surface area contributed by atoms with E-state index < -0.39 is 64.7 Å². The van der Waals surface area contributed by atoms with E-state index in [2.05, 4.69) is 9.84 Å². The summed E-state index contributed by atoms with van der Waals surface area (Å²) in [6.45, 7) is 0. The molecule has 1 atom stereocenters. The first-order chi connectivity index (χ1) is 11.5. The minimum atomic E-state index is -5.11. The van der Waals surface area contributed by atoms with Crippen molar-refractivity contribution in [2.24, 2.45) is 0 Å². The highest BCUT2D eigenvalue weighted by Gasteiger charge is 2.55. The lowest BCUT2D eigenvalue weighted by atomic mass is 10.1. The molecule has 0 amide bonds. The third kappa shape index (κ3) is 2.66. The second kappa shape index (κ2) is 5.41. The Labute approximate surface area is 134 Å². The molecule has 0 radical (unpaired) electrons. The van der Waals surface area contributed by atoms with Gasteiger partial charge in [-0.3, -0.25) is 0 Å². The van der Waals surface area contributed by atoms with Crippen molar-refractivity contribution in [3.05, 3.63) is 46.5 Å². The Bertz CT molecular complexity index is 819. The number of hydrogen-bond acceptors (Lipinski definition) is 2. The smallest absolute Gasteiger partial charge is 0.370 e. The summed E-state index contributed by atoms with van der Waals surface area (Å²) in [4.78, 5) is 0. The lowest BCUT2D eigenvalue weighted by Crippen LogP contribution is -2.26. The summed E-state index contributed by atoms with van der Waals surface area (Å²) < 4.78 is 112. The van der Waals surface area contributed by atoms with Gasteiger partial charge in [-0.25, -0.2) is 26.6 Å². The van der Waals surface area contributed by atoms with Gasteiger partial charge in [-0.2, -0.15) is 18.3 Å². The van der Waals surface area contributed by atoms with Crippen LogP contribution in [-0.2, 0) is 17.3 Å². The molecule has 3 nitrogen and oxygen atoms in total. The number of hydrogen-bond donors (Lipinski definition) is 0. The van der Waals surface area contributed by atoms with Gasteiger partial charge in [-0.1, -0.05) is 0 Å². The zero-order valence-corrected chi connectivity index (χ0v) is 12.3. The summed E-state index contributed by atoms with van der Waals surface area (Å²) in [6, 6.07) is 0.730. The monoisotopic (exact) mass is 372 g/mol. The SMILES string of the molecule is CO[C@H]1c2c(C(F)(F)F)nn(-c3cc(F)c(F)c(F)c3)c2CC1(F)F. The summed E-state index contributed by atoms with van der Waals surface area (Å²) in [7, 11) is 0.808. The molecular formula is C14H8F8N2O. The van der Waals surface area contributed by atoms with Gasteiger partial charge in [0, 0.05) is 24.8 Å². The van der Waals surface area contributed by atoms with E-state index in [-0.39, 0.29) is 0 Å². The van der Waals surface area contributed by atoms with Crippen molar-refractivity contribution in [2.45, 2.75) is 24.6 Å². The summed E-state index contributed by atoms with van der Waals surface area (Å²) in [5, 5.41) is 3.17. The van der Waals surface area contributed by atoms with Crippen LogP contribution >= 0.6 is 0 Å². The van der Waals surface area contributed by atoms with Crippen LogP contribution in [0, 0.1) is 17.5 Å². The molecule has 1 aliphatic rings. The van der Waals surface area contributed by atoms with Gasteiger partial charge in [0.1, 0.15) is 6.10 Å². The highest BCUT2D eigenvalue weighted by Crippen LogP contribution is 2.50. The maximum Gasteiger partial charge on any atom is 0.435 e. The van der Waals surface area contributed by atoms with Crippen LogP contribution in [0.2, 0.25) is 0 Å². The van der Waals surface area contributed by atoms with Crippen molar-refractivity contribution in [3.8, 4) is 5.69 Å². The van der Waals surface area contributed by atoms with Gasteiger partial charge in [-0.05, 0) is 0 Å². The molecule has 0 spiro atoms. The van der Waals surface area contributed by atoms with E-state index in [9.17, 15) is 35.1 Å². The lowest BCUT2D eigenvalue weighted by molar-refractivity contribution is -0.148. The van der Waals surface area contributed by atoms with Crippen molar-refractivity contribution >= 4 is 0 Å². The van der Waals surface area contributed by atoms with Gasteiger partial charge in [0.25, 0.3) is 5.92 Å². The van der Waals surface area contributed by atoms with Crippen molar-refractivity contribution in [1.82, 2.24) is 9.78 Å². The number of aromatic nitrogens is 2. The second-order valence-electron chi connectivity index (χ2n) is 5.40. The summed E-state index contributed by atoms with van der Waals surface area (Å²) in [5.41, 5.74) is -3.84. The van der Waals surface area contributed by atoms with Crippen LogP contribution in [-0.4, -0.2) is 22.8 Å². The highest BCUT2D eigenvalue weighted by molar-refractivity contribution is 5.44. The maximum atomic E-state index is 14.0. The first-order valence-electron chi connectivity index (χ1n) is 6.72. The average molecular weight is 372 g/mol. The largest absolute Gasteiger partial charge is 0.435 e. The van der Waals surface area contributed by atoms with Crippen LogP contribution in [0.4, 0.5) is 35.1 Å². The number of methoxy groups -OCH3 is 1. The topological polar surface area (TPSA) is 27.1 Å². The van der Waals surface area contributed by atoms with E-state index in [0.717, 1.165) is 7.11 Å². The molecule has 3 rings (SSSR count).